The topological polar surface area (TPSA) is 144 Å². The molecular weight excluding hydrogens is 440 g/mol. The standard InChI is InChI=1S/C20H16N4O5S2/c1-2-29-19(26)12-7-5-6-11-17(12)14(10-16(18(11)25)31(21,27)28)23-24-20-22-13-8-3-4-9-15(13)30-20/h3-10,25H,2H2,1H3,(H2,21,27,28). The predicted octanol–water partition coefficient (Wildman–Crippen LogP) is 4.39. The van der Waals surface area contributed by atoms with Crippen molar-refractivity contribution in [3.05, 3.63) is 54.1 Å². The molecule has 4 aromatic rings. The van der Waals surface area contributed by atoms with Crippen LogP contribution in [0.15, 0.2) is 63.7 Å². The van der Waals surface area contributed by atoms with E-state index in [1.807, 2.05) is 24.3 Å². The molecule has 11 heteroatoms. The fourth-order valence-corrected chi connectivity index (χ4v) is 4.54. The number of nitrogens with two attached hydrogens (primary N) is 1. The Kier molecular flexibility index (Phi) is 5.39. The van der Waals surface area contributed by atoms with E-state index >= 15 is 0 Å². The van der Waals surface area contributed by atoms with Crippen LogP contribution in [0.25, 0.3) is 21.0 Å². The molecule has 0 saturated carbocycles. The molecule has 3 N–H and O–H groups in total. The van der Waals surface area contributed by atoms with E-state index in [-0.39, 0.29) is 28.6 Å². The molecule has 0 saturated heterocycles. The second-order valence-corrected chi connectivity index (χ2v) is 8.94. The number of rotatable bonds is 5. The van der Waals surface area contributed by atoms with Crippen molar-refractivity contribution in [3.63, 3.8) is 0 Å². The van der Waals surface area contributed by atoms with Gasteiger partial charge in [0.05, 0.1) is 28.1 Å². The number of carbonyl (C=O) groups is 1. The quantitative estimate of drug-likeness (QED) is 0.336. The van der Waals surface area contributed by atoms with Crippen LogP contribution in [0.5, 0.6) is 5.75 Å². The number of aromatic nitrogens is 1. The molecule has 0 spiro atoms. The van der Waals surface area contributed by atoms with Gasteiger partial charge >= 0.3 is 5.97 Å². The number of azo groups is 1. The van der Waals surface area contributed by atoms with Crippen LogP contribution in [0, 0.1) is 0 Å². The molecule has 0 aliphatic heterocycles. The number of esters is 1. The summed E-state index contributed by atoms with van der Waals surface area (Å²) in [5.41, 5.74) is 0.878. The van der Waals surface area contributed by atoms with Crippen molar-refractivity contribution >= 4 is 59.1 Å². The maximum Gasteiger partial charge on any atom is 0.338 e. The van der Waals surface area contributed by atoms with E-state index in [1.54, 1.807) is 6.92 Å². The first-order chi connectivity index (χ1) is 14.8. The van der Waals surface area contributed by atoms with Gasteiger partial charge in [-0.3, -0.25) is 0 Å². The Balaban J connectivity index is 1.96. The van der Waals surface area contributed by atoms with Crippen molar-refractivity contribution < 1.29 is 23.1 Å². The van der Waals surface area contributed by atoms with Gasteiger partial charge in [-0.2, -0.15) is 0 Å². The van der Waals surface area contributed by atoms with E-state index in [0.29, 0.717) is 5.13 Å². The number of benzene rings is 3. The van der Waals surface area contributed by atoms with Crippen LogP contribution in [0.4, 0.5) is 10.8 Å². The molecule has 1 aromatic heterocycles. The average Bonchev–Trinajstić information content (AvgIpc) is 3.15. The third-order valence-electron chi connectivity index (χ3n) is 4.40. The number of ether oxygens (including phenoxy) is 1. The van der Waals surface area contributed by atoms with Gasteiger partial charge in [0.15, 0.2) is 0 Å². The predicted molar refractivity (Wildman–Crippen MR) is 117 cm³/mol. The largest absolute Gasteiger partial charge is 0.506 e. The summed E-state index contributed by atoms with van der Waals surface area (Å²) in [5, 5.41) is 24.7. The molecule has 0 radical (unpaired) electrons. The van der Waals surface area contributed by atoms with Crippen LogP contribution in [-0.4, -0.2) is 31.1 Å². The van der Waals surface area contributed by atoms with Crippen LogP contribution in [0.1, 0.15) is 17.3 Å². The number of thiazole rings is 1. The zero-order chi connectivity index (χ0) is 22.2. The summed E-state index contributed by atoms with van der Waals surface area (Å²) in [6.45, 7) is 1.80. The molecule has 4 rings (SSSR count). The van der Waals surface area contributed by atoms with Crippen LogP contribution in [0.3, 0.4) is 0 Å². The lowest BCUT2D eigenvalue weighted by Crippen LogP contribution is -2.13. The Morgan fingerprint density at radius 1 is 1.19 bits per heavy atom. The minimum atomic E-state index is -4.28. The van der Waals surface area contributed by atoms with Crippen molar-refractivity contribution in [2.75, 3.05) is 6.61 Å². The molecule has 0 bridgehead atoms. The molecule has 0 fully saturated rings. The Morgan fingerprint density at radius 3 is 2.68 bits per heavy atom. The highest BCUT2D eigenvalue weighted by atomic mass is 32.2. The van der Waals surface area contributed by atoms with Gasteiger partial charge in [-0.25, -0.2) is 23.3 Å². The van der Waals surface area contributed by atoms with Crippen LogP contribution in [0.2, 0.25) is 0 Å². The lowest BCUT2D eigenvalue weighted by molar-refractivity contribution is 0.0528. The molecular formula is C20H16N4O5S2. The zero-order valence-electron chi connectivity index (χ0n) is 16.1. The Hall–Kier alpha value is -3.41. The Labute approximate surface area is 180 Å². The van der Waals surface area contributed by atoms with E-state index < -0.39 is 26.6 Å². The summed E-state index contributed by atoms with van der Waals surface area (Å²) in [4.78, 5) is 16.3. The summed E-state index contributed by atoms with van der Waals surface area (Å²) < 4.78 is 30.0. The molecule has 1 heterocycles. The van der Waals surface area contributed by atoms with Crippen molar-refractivity contribution in [3.8, 4) is 5.75 Å². The average molecular weight is 457 g/mol. The minimum Gasteiger partial charge on any atom is -0.506 e. The SMILES string of the molecule is CCOC(=O)c1cccc2c(O)c(S(N)(=O)=O)cc(N=Nc3nc4ccccc4s3)c12. The molecule has 158 valence electrons. The van der Waals surface area contributed by atoms with Crippen LogP contribution in [-0.2, 0) is 14.8 Å². The smallest absolute Gasteiger partial charge is 0.338 e. The fraction of sp³-hybridized carbons (Fsp3) is 0.100. The maximum absolute atomic E-state index is 12.5. The normalized spacial score (nSPS) is 12.1. The number of hydrogen-bond donors (Lipinski definition) is 2. The number of phenolic OH excluding ortho intramolecular Hbond substituents is 1. The maximum atomic E-state index is 12.5. The van der Waals surface area contributed by atoms with Crippen molar-refractivity contribution in [2.45, 2.75) is 11.8 Å². The van der Waals surface area contributed by atoms with E-state index in [0.717, 1.165) is 16.3 Å². The first kappa shape index (κ1) is 20.8. The van der Waals surface area contributed by atoms with Gasteiger partial charge in [0.2, 0.25) is 15.2 Å². The molecule has 0 aliphatic rings. The molecule has 3 aromatic carbocycles. The number of aromatic hydroxyl groups is 1. The van der Waals surface area contributed by atoms with Gasteiger partial charge in [-0.15, -0.1) is 10.2 Å². The second kappa shape index (κ2) is 8.02. The molecule has 9 nitrogen and oxygen atoms in total. The zero-order valence-corrected chi connectivity index (χ0v) is 17.8. The highest BCUT2D eigenvalue weighted by Gasteiger charge is 2.23. The molecule has 0 unspecified atom stereocenters. The molecule has 0 atom stereocenters. The highest BCUT2D eigenvalue weighted by Crippen LogP contribution is 2.41. The third-order valence-corrected chi connectivity index (χ3v) is 6.25. The van der Waals surface area contributed by atoms with Crippen LogP contribution >= 0.6 is 11.3 Å². The molecule has 31 heavy (non-hydrogen) atoms. The number of fused-ring (bicyclic) bond motifs is 2. The summed E-state index contributed by atoms with van der Waals surface area (Å²) in [6, 6.07) is 13.0. The molecule has 0 aliphatic carbocycles. The van der Waals surface area contributed by atoms with Crippen molar-refractivity contribution in [1.82, 2.24) is 4.98 Å². The number of phenols is 1. The van der Waals surface area contributed by atoms with E-state index in [2.05, 4.69) is 15.2 Å². The number of carbonyl (C=O) groups excluding carboxylic acids is 1. The Bertz CT molecular complexity index is 1430. The fourth-order valence-electron chi connectivity index (χ4n) is 3.10. The van der Waals surface area contributed by atoms with Crippen molar-refractivity contribution in [1.29, 1.82) is 0 Å². The summed E-state index contributed by atoms with van der Waals surface area (Å²) >= 11 is 1.30. The van der Waals surface area contributed by atoms with Gasteiger partial charge in [-0.05, 0) is 31.2 Å². The van der Waals surface area contributed by atoms with Gasteiger partial charge < -0.3 is 9.84 Å². The first-order valence-electron chi connectivity index (χ1n) is 9.05. The Morgan fingerprint density at radius 2 is 1.97 bits per heavy atom. The van der Waals surface area contributed by atoms with E-state index in [9.17, 15) is 18.3 Å². The van der Waals surface area contributed by atoms with Crippen molar-refractivity contribution in [2.24, 2.45) is 15.4 Å². The first-order valence-corrected chi connectivity index (χ1v) is 11.4. The van der Waals surface area contributed by atoms with Gasteiger partial charge in [-0.1, -0.05) is 35.6 Å². The number of primary sulfonamides is 1. The summed E-state index contributed by atoms with van der Waals surface area (Å²) in [7, 11) is -4.28. The number of para-hydroxylation sites is 1. The molecule has 0 amide bonds. The van der Waals surface area contributed by atoms with Crippen LogP contribution < -0.4 is 5.14 Å². The monoisotopic (exact) mass is 456 g/mol. The lowest BCUT2D eigenvalue weighted by Gasteiger charge is -2.12. The summed E-state index contributed by atoms with van der Waals surface area (Å²) in [5.74, 6) is -1.23. The number of nitrogens with zero attached hydrogens (tertiary/aromatic N) is 3. The minimum absolute atomic E-state index is 0.0275. The van der Waals surface area contributed by atoms with Gasteiger partial charge in [0.25, 0.3) is 0 Å². The summed E-state index contributed by atoms with van der Waals surface area (Å²) in [6.07, 6.45) is 0. The van der Waals surface area contributed by atoms with E-state index in [1.165, 1.54) is 29.5 Å². The third kappa shape index (κ3) is 3.98. The number of sulfonamides is 1. The van der Waals surface area contributed by atoms with E-state index in [4.69, 9.17) is 9.88 Å². The lowest BCUT2D eigenvalue weighted by atomic mass is 10.0. The second-order valence-electron chi connectivity index (χ2n) is 6.40. The highest BCUT2D eigenvalue weighted by molar-refractivity contribution is 7.89. The number of hydrogen-bond acceptors (Lipinski definition) is 9. The van der Waals surface area contributed by atoms with Gasteiger partial charge in [0, 0.05) is 10.8 Å². The van der Waals surface area contributed by atoms with Gasteiger partial charge in [0.1, 0.15) is 10.6 Å².